The summed E-state index contributed by atoms with van der Waals surface area (Å²) in [5, 5.41) is 8.80. The average molecular weight is 300 g/mol. The van der Waals surface area contributed by atoms with Crippen LogP contribution in [0.3, 0.4) is 0 Å². The molecule has 1 atom stereocenters. The van der Waals surface area contributed by atoms with Crippen LogP contribution in [0, 0.1) is 0 Å². The maximum absolute atomic E-state index is 10.7. The number of aliphatic carboxylic acids is 1. The third-order valence-corrected chi connectivity index (χ3v) is 3.33. The van der Waals surface area contributed by atoms with Gasteiger partial charge in [-0.3, -0.25) is 9.69 Å². The Labute approximate surface area is 111 Å². The molecule has 1 aromatic carbocycles. The molecule has 94 valence electrons. The van der Waals surface area contributed by atoms with Crippen LogP contribution in [0.15, 0.2) is 28.7 Å². The Hall–Kier alpha value is -0.870. The van der Waals surface area contributed by atoms with Gasteiger partial charge >= 0.3 is 5.97 Å². The molecule has 0 radical (unpaired) electrons. The number of rotatable bonds is 6. The number of carboxylic acid groups (broad SMARTS) is 1. The second-order valence-corrected chi connectivity index (χ2v) is 5.05. The Morgan fingerprint density at radius 3 is 2.47 bits per heavy atom. The maximum atomic E-state index is 10.7. The van der Waals surface area contributed by atoms with Crippen molar-refractivity contribution in [2.45, 2.75) is 32.9 Å². The van der Waals surface area contributed by atoms with Gasteiger partial charge in [0.1, 0.15) is 0 Å². The van der Waals surface area contributed by atoms with Gasteiger partial charge in [0.05, 0.1) is 6.42 Å². The van der Waals surface area contributed by atoms with E-state index in [1.807, 2.05) is 19.1 Å². The smallest absolute Gasteiger partial charge is 0.304 e. The van der Waals surface area contributed by atoms with Crippen LogP contribution in [-0.4, -0.2) is 28.6 Å². The van der Waals surface area contributed by atoms with E-state index in [9.17, 15) is 4.79 Å². The SMILES string of the molecule is CCN(Cc1ccc(Br)cc1)C(C)CC(=O)O. The van der Waals surface area contributed by atoms with Crippen LogP contribution in [-0.2, 0) is 11.3 Å². The molecule has 0 saturated carbocycles. The normalized spacial score (nSPS) is 12.7. The third kappa shape index (κ3) is 4.88. The first-order valence-corrected chi connectivity index (χ1v) is 6.52. The lowest BCUT2D eigenvalue weighted by atomic mass is 10.1. The summed E-state index contributed by atoms with van der Waals surface area (Å²) in [6.07, 6.45) is 0.185. The molecule has 1 unspecified atom stereocenters. The highest BCUT2D eigenvalue weighted by atomic mass is 79.9. The van der Waals surface area contributed by atoms with E-state index >= 15 is 0 Å². The van der Waals surface area contributed by atoms with Gasteiger partial charge in [0, 0.05) is 17.1 Å². The van der Waals surface area contributed by atoms with Gasteiger partial charge in [-0.2, -0.15) is 0 Å². The first-order valence-electron chi connectivity index (χ1n) is 5.73. The number of halogens is 1. The Balaban J connectivity index is 2.62. The standard InChI is InChI=1S/C13H18BrNO2/c1-3-15(10(2)8-13(16)17)9-11-4-6-12(14)7-5-11/h4-7,10H,3,8-9H2,1-2H3,(H,16,17). The summed E-state index contributed by atoms with van der Waals surface area (Å²) in [5.74, 6) is -0.744. The minimum absolute atomic E-state index is 0.0566. The van der Waals surface area contributed by atoms with Gasteiger partial charge in [-0.1, -0.05) is 35.0 Å². The molecule has 3 nitrogen and oxygen atoms in total. The Kier molecular flexibility index (Phi) is 5.65. The van der Waals surface area contributed by atoms with E-state index in [-0.39, 0.29) is 12.5 Å². The highest BCUT2D eigenvalue weighted by molar-refractivity contribution is 9.10. The van der Waals surface area contributed by atoms with Gasteiger partial charge < -0.3 is 5.11 Å². The fraction of sp³-hybridized carbons (Fsp3) is 0.462. The largest absolute Gasteiger partial charge is 0.481 e. The van der Waals surface area contributed by atoms with E-state index in [4.69, 9.17) is 5.11 Å². The molecule has 0 heterocycles. The van der Waals surface area contributed by atoms with Crippen molar-refractivity contribution >= 4 is 21.9 Å². The van der Waals surface area contributed by atoms with Gasteiger partial charge in [-0.25, -0.2) is 0 Å². The Morgan fingerprint density at radius 2 is 2.00 bits per heavy atom. The molecule has 1 aromatic rings. The summed E-state index contributed by atoms with van der Waals surface area (Å²) in [6, 6.07) is 8.18. The van der Waals surface area contributed by atoms with E-state index in [2.05, 4.69) is 39.9 Å². The summed E-state index contributed by atoms with van der Waals surface area (Å²) >= 11 is 3.40. The molecular formula is C13H18BrNO2. The zero-order valence-corrected chi connectivity index (χ0v) is 11.8. The first-order chi connectivity index (χ1) is 8.02. The van der Waals surface area contributed by atoms with Gasteiger partial charge in [0.15, 0.2) is 0 Å². The van der Waals surface area contributed by atoms with E-state index in [1.165, 1.54) is 5.56 Å². The molecule has 0 aliphatic heterocycles. The van der Waals surface area contributed by atoms with Crippen molar-refractivity contribution in [3.63, 3.8) is 0 Å². The number of benzene rings is 1. The van der Waals surface area contributed by atoms with E-state index in [1.54, 1.807) is 0 Å². The summed E-state index contributed by atoms with van der Waals surface area (Å²) in [5.41, 5.74) is 1.20. The van der Waals surface area contributed by atoms with Gasteiger partial charge in [-0.05, 0) is 31.2 Å². The third-order valence-electron chi connectivity index (χ3n) is 2.80. The fourth-order valence-electron chi connectivity index (χ4n) is 1.79. The van der Waals surface area contributed by atoms with Crippen LogP contribution in [0.2, 0.25) is 0 Å². The number of carbonyl (C=O) groups is 1. The van der Waals surface area contributed by atoms with Gasteiger partial charge in [0.25, 0.3) is 0 Å². The van der Waals surface area contributed by atoms with Crippen molar-refractivity contribution in [3.05, 3.63) is 34.3 Å². The number of nitrogens with zero attached hydrogens (tertiary/aromatic N) is 1. The van der Waals surface area contributed by atoms with Crippen LogP contribution in [0.5, 0.6) is 0 Å². The van der Waals surface area contributed by atoms with Crippen LogP contribution in [0.25, 0.3) is 0 Å². The second-order valence-electron chi connectivity index (χ2n) is 4.14. The molecule has 0 amide bonds. The maximum Gasteiger partial charge on any atom is 0.304 e. The zero-order chi connectivity index (χ0) is 12.8. The van der Waals surface area contributed by atoms with E-state index in [0.717, 1.165) is 17.6 Å². The lowest BCUT2D eigenvalue weighted by Gasteiger charge is -2.26. The summed E-state index contributed by atoms with van der Waals surface area (Å²) in [7, 11) is 0. The highest BCUT2D eigenvalue weighted by Crippen LogP contribution is 2.14. The molecule has 0 aromatic heterocycles. The van der Waals surface area contributed by atoms with Crippen molar-refractivity contribution in [1.29, 1.82) is 0 Å². The Morgan fingerprint density at radius 1 is 1.41 bits per heavy atom. The Bertz CT molecular complexity index is 364. The molecule has 4 heteroatoms. The molecule has 0 aliphatic carbocycles. The fourth-order valence-corrected chi connectivity index (χ4v) is 2.05. The van der Waals surface area contributed by atoms with Crippen molar-refractivity contribution in [2.24, 2.45) is 0 Å². The molecule has 0 saturated heterocycles. The first kappa shape index (κ1) is 14.2. The van der Waals surface area contributed by atoms with E-state index in [0.29, 0.717) is 0 Å². The molecule has 0 bridgehead atoms. The highest BCUT2D eigenvalue weighted by Gasteiger charge is 2.15. The van der Waals surface area contributed by atoms with Crippen LogP contribution in [0.4, 0.5) is 0 Å². The summed E-state index contributed by atoms with van der Waals surface area (Å²) < 4.78 is 1.06. The molecule has 0 spiro atoms. The lowest BCUT2D eigenvalue weighted by molar-refractivity contribution is -0.138. The van der Waals surface area contributed by atoms with Gasteiger partial charge in [-0.15, -0.1) is 0 Å². The predicted octanol–water partition coefficient (Wildman–Crippen LogP) is 3.13. The van der Waals surface area contributed by atoms with Crippen molar-refractivity contribution < 1.29 is 9.90 Å². The predicted molar refractivity (Wildman–Crippen MR) is 71.9 cm³/mol. The number of hydrogen-bond acceptors (Lipinski definition) is 2. The number of carboxylic acids is 1. The van der Waals surface area contributed by atoms with E-state index < -0.39 is 5.97 Å². The molecule has 0 fully saturated rings. The lowest BCUT2D eigenvalue weighted by Crippen LogP contribution is -2.34. The molecule has 1 rings (SSSR count). The van der Waals surface area contributed by atoms with Crippen LogP contribution in [0.1, 0.15) is 25.8 Å². The van der Waals surface area contributed by atoms with Crippen LogP contribution < -0.4 is 0 Å². The minimum atomic E-state index is -0.744. The molecular weight excluding hydrogens is 282 g/mol. The monoisotopic (exact) mass is 299 g/mol. The average Bonchev–Trinajstić information content (AvgIpc) is 2.27. The second kappa shape index (κ2) is 6.77. The minimum Gasteiger partial charge on any atom is -0.481 e. The number of hydrogen-bond donors (Lipinski definition) is 1. The summed E-state index contributed by atoms with van der Waals surface area (Å²) in [4.78, 5) is 12.9. The summed E-state index contributed by atoms with van der Waals surface area (Å²) in [6.45, 7) is 5.65. The molecule has 1 N–H and O–H groups in total. The molecule has 0 aliphatic rings. The van der Waals surface area contributed by atoms with Crippen molar-refractivity contribution in [2.75, 3.05) is 6.54 Å². The topological polar surface area (TPSA) is 40.5 Å². The van der Waals surface area contributed by atoms with Gasteiger partial charge in [0.2, 0.25) is 0 Å². The quantitative estimate of drug-likeness (QED) is 0.877. The molecule has 17 heavy (non-hydrogen) atoms. The zero-order valence-electron chi connectivity index (χ0n) is 10.2. The van der Waals surface area contributed by atoms with Crippen molar-refractivity contribution in [1.82, 2.24) is 4.90 Å². The van der Waals surface area contributed by atoms with Crippen LogP contribution >= 0.6 is 15.9 Å². The van der Waals surface area contributed by atoms with Crippen molar-refractivity contribution in [3.8, 4) is 0 Å².